The summed E-state index contributed by atoms with van der Waals surface area (Å²) in [6, 6.07) is 22.9. The molecule has 1 aliphatic rings. The lowest BCUT2D eigenvalue weighted by Gasteiger charge is -2.40. The van der Waals surface area contributed by atoms with Crippen LogP contribution < -0.4 is 25.9 Å². The van der Waals surface area contributed by atoms with E-state index in [9.17, 15) is 0 Å². The summed E-state index contributed by atoms with van der Waals surface area (Å²) in [5, 5.41) is 9.62. The Bertz CT molecular complexity index is 1410. The molecular formula is C37H52Si3. The Balaban J connectivity index is 2.34. The van der Waals surface area contributed by atoms with Crippen molar-refractivity contribution in [2.24, 2.45) is 5.92 Å². The van der Waals surface area contributed by atoms with E-state index in [-0.39, 0.29) is 0 Å². The maximum absolute atomic E-state index is 2.69. The van der Waals surface area contributed by atoms with Crippen LogP contribution in [-0.2, 0) is 0 Å². The van der Waals surface area contributed by atoms with Crippen molar-refractivity contribution in [1.82, 2.24) is 0 Å². The van der Waals surface area contributed by atoms with Crippen molar-refractivity contribution in [1.29, 1.82) is 0 Å². The van der Waals surface area contributed by atoms with Gasteiger partial charge in [-0.1, -0.05) is 150 Å². The average molecular weight is 581 g/mol. The summed E-state index contributed by atoms with van der Waals surface area (Å²) in [5.41, 5.74) is 10.1. The van der Waals surface area contributed by atoms with Crippen LogP contribution in [0.2, 0.25) is 39.3 Å². The fourth-order valence-electron chi connectivity index (χ4n) is 7.03. The van der Waals surface area contributed by atoms with Crippen molar-refractivity contribution in [3.63, 3.8) is 0 Å². The van der Waals surface area contributed by atoms with Crippen LogP contribution in [0.1, 0.15) is 49.9 Å². The van der Waals surface area contributed by atoms with Gasteiger partial charge in [0.15, 0.2) is 8.07 Å². The molecule has 3 heteroatoms. The van der Waals surface area contributed by atoms with Crippen molar-refractivity contribution in [2.75, 3.05) is 0 Å². The number of allylic oxidation sites excluding steroid dienone is 4. The van der Waals surface area contributed by atoms with Crippen LogP contribution in [0, 0.1) is 33.6 Å². The number of aryl methyl sites for hydroxylation is 4. The van der Waals surface area contributed by atoms with Gasteiger partial charge in [-0.05, 0) is 75.5 Å². The number of hydrogen-bond acceptors (Lipinski definition) is 0. The molecule has 40 heavy (non-hydrogen) atoms. The third kappa shape index (κ3) is 5.37. The molecule has 3 aromatic rings. The lowest BCUT2D eigenvalue weighted by molar-refractivity contribution is 0.851. The van der Waals surface area contributed by atoms with E-state index in [0.29, 0.717) is 5.92 Å². The summed E-state index contributed by atoms with van der Waals surface area (Å²) in [5.74, 6) is 0.430. The van der Waals surface area contributed by atoms with Gasteiger partial charge < -0.3 is 0 Å². The molecule has 0 saturated carbocycles. The summed E-state index contributed by atoms with van der Waals surface area (Å²) in [4.78, 5) is 0. The highest BCUT2D eigenvalue weighted by Gasteiger charge is 2.49. The van der Waals surface area contributed by atoms with Crippen LogP contribution in [-0.4, -0.2) is 24.2 Å². The molecule has 3 aromatic carbocycles. The Morgan fingerprint density at radius 3 is 1.05 bits per heavy atom. The highest BCUT2D eigenvalue weighted by molar-refractivity contribution is 7.16. The number of rotatable bonds is 6. The van der Waals surface area contributed by atoms with Gasteiger partial charge in [-0.2, -0.15) is 0 Å². The van der Waals surface area contributed by atoms with Gasteiger partial charge in [0.2, 0.25) is 0 Å². The van der Waals surface area contributed by atoms with E-state index in [2.05, 4.69) is 149 Å². The minimum Gasteiger partial charge on any atom is -0.0656 e. The van der Waals surface area contributed by atoms with Crippen molar-refractivity contribution >= 4 is 50.2 Å². The van der Waals surface area contributed by atoms with E-state index in [0.717, 1.165) is 0 Å². The Morgan fingerprint density at radius 1 is 0.425 bits per heavy atom. The summed E-state index contributed by atoms with van der Waals surface area (Å²) in [6.45, 7) is 33.9. The molecule has 0 aliphatic heterocycles. The van der Waals surface area contributed by atoms with Crippen LogP contribution in [0.25, 0.3) is 0 Å². The molecular weight excluding hydrogens is 529 g/mol. The van der Waals surface area contributed by atoms with Gasteiger partial charge >= 0.3 is 0 Å². The zero-order chi connectivity index (χ0) is 29.9. The van der Waals surface area contributed by atoms with Crippen molar-refractivity contribution in [2.45, 2.75) is 94.7 Å². The standard InChI is InChI=1S/C37H52Si3/c1-24-15-25(2)18-34(17-24)40(35-19-26(3)16-27(4)20-35,37-30(7)28(5)29(6)31(37)8)36-22-32(38(9,10)11)21-33(23-36)39(12,13)14/h15-23,30H,1-14H3. The van der Waals surface area contributed by atoms with Crippen molar-refractivity contribution in [3.05, 3.63) is 98.8 Å². The van der Waals surface area contributed by atoms with Crippen LogP contribution in [0.5, 0.6) is 0 Å². The normalized spacial score (nSPS) is 16.8. The second-order valence-corrected chi connectivity index (χ2v) is 28.8. The summed E-state index contributed by atoms with van der Waals surface area (Å²) in [7, 11) is -5.83. The largest absolute Gasteiger partial charge is 0.176 e. The quantitative estimate of drug-likeness (QED) is 0.212. The topological polar surface area (TPSA) is 0 Å². The molecule has 1 aliphatic carbocycles. The molecule has 4 rings (SSSR count). The third-order valence-corrected chi connectivity index (χ3v) is 18.6. The average Bonchev–Trinajstić information content (AvgIpc) is 3.00. The fraction of sp³-hybridized carbons (Fsp3) is 0.405. The predicted molar refractivity (Wildman–Crippen MR) is 189 cm³/mol. The molecule has 0 spiro atoms. The van der Waals surface area contributed by atoms with E-state index < -0.39 is 24.2 Å². The monoisotopic (exact) mass is 580 g/mol. The lowest BCUT2D eigenvalue weighted by atomic mass is 10.1. The molecule has 0 aromatic heterocycles. The highest BCUT2D eigenvalue weighted by atomic mass is 28.3. The minimum atomic E-state index is -2.66. The number of hydrogen-bond donors (Lipinski definition) is 0. The highest BCUT2D eigenvalue weighted by Crippen LogP contribution is 2.41. The Labute approximate surface area is 248 Å². The zero-order valence-electron chi connectivity index (χ0n) is 27.8. The van der Waals surface area contributed by atoms with E-state index in [1.165, 1.54) is 33.4 Å². The predicted octanol–water partition coefficient (Wildman–Crippen LogP) is 7.32. The first kappa shape index (κ1) is 30.7. The van der Waals surface area contributed by atoms with E-state index in [1.54, 1.807) is 36.7 Å². The summed E-state index contributed by atoms with van der Waals surface area (Å²) < 4.78 is 0. The van der Waals surface area contributed by atoms with Crippen molar-refractivity contribution in [3.8, 4) is 0 Å². The Morgan fingerprint density at radius 2 is 0.750 bits per heavy atom. The first-order valence-corrected chi connectivity index (χ1v) is 24.1. The van der Waals surface area contributed by atoms with E-state index >= 15 is 0 Å². The minimum absolute atomic E-state index is 0.430. The maximum Gasteiger partial charge on any atom is 0.176 e. The smallest absolute Gasteiger partial charge is 0.0656 e. The summed E-state index contributed by atoms with van der Waals surface area (Å²) >= 11 is 0. The molecule has 1 unspecified atom stereocenters. The van der Waals surface area contributed by atoms with Gasteiger partial charge in [-0.25, -0.2) is 0 Å². The van der Waals surface area contributed by atoms with E-state index in [4.69, 9.17) is 0 Å². The first-order chi connectivity index (χ1) is 18.4. The first-order valence-electron chi connectivity index (χ1n) is 15.1. The molecule has 0 nitrogen and oxygen atoms in total. The lowest BCUT2D eigenvalue weighted by Crippen LogP contribution is -2.71. The molecule has 0 saturated heterocycles. The molecule has 0 N–H and O–H groups in total. The Kier molecular flexibility index (Phi) is 8.12. The SMILES string of the molecule is CC1=C(C)C(C)C([Si](c2cc(C)cc(C)c2)(c2cc(C)cc(C)c2)c2cc([Si](C)(C)C)cc([Si](C)(C)C)c2)=C1C. The molecule has 212 valence electrons. The van der Waals surface area contributed by atoms with Crippen LogP contribution in [0.15, 0.2) is 76.5 Å². The maximum atomic E-state index is 2.69. The second-order valence-electron chi connectivity index (χ2n) is 14.9. The number of benzene rings is 3. The molecule has 0 bridgehead atoms. The van der Waals surface area contributed by atoms with E-state index in [1.807, 2.05) is 0 Å². The molecule has 0 radical (unpaired) electrons. The fourth-order valence-corrected chi connectivity index (χ4v) is 15.9. The van der Waals surface area contributed by atoms with Gasteiger partial charge in [0.25, 0.3) is 0 Å². The van der Waals surface area contributed by atoms with Crippen LogP contribution in [0.4, 0.5) is 0 Å². The molecule has 0 fully saturated rings. The van der Waals surface area contributed by atoms with Gasteiger partial charge in [0.05, 0.1) is 16.1 Å². The van der Waals surface area contributed by atoms with Crippen LogP contribution >= 0.6 is 0 Å². The van der Waals surface area contributed by atoms with Gasteiger partial charge in [0.1, 0.15) is 0 Å². The third-order valence-electron chi connectivity index (χ3n) is 9.45. The Hall–Kier alpha value is -2.21. The summed E-state index contributed by atoms with van der Waals surface area (Å²) in [6.07, 6.45) is 0. The van der Waals surface area contributed by atoms with Gasteiger partial charge in [-0.3, -0.25) is 0 Å². The van der Waals surface area contributed by atoms with Crippen molar-refractivity contribution < 1.29 is 0 Å². The van der Waals surface area contributed by atoms with Crippen LogP contribution in [0.3, 0.4) is 0 Å². The molecule has 0 heterocycles. The van der Waals surface area contributed by atoms with Gasteiger partial charge in [0, 0.05) is 0 Å². The molecule has 1 atom stereocenters. The second kappa shape index (κ2) is 10.6. The zero-order valence-corrected chi connectivity index (χ0v) is 30.8. The molecule has 0 amide bonds. The van der Waals surface area contributed by atoms with Gasteiger partial charge in [-0.15, -0.1) is 0 Å².